The Labute approximate surface area is 160 Å². The summed E-state index contributed by atoms with van der Waals surface area (Å²) >= 11 is 3.16. The lowest BCUT2D eigenvalue weighted by Gasteiger charge is -2.24. The van der Waals surface area contributed by atoms with Gasteiger partial charge in [-0.15, -0.1) is 12.4 Å². The fourth-order valence-corrected chi connectivity index (χ4v) is 3.01. The van der Waals surface area contributed by atoms with Crippen molar-refractivity contribution in [1.29, 1.82) is 0 Å². The predicted molar refractivity (Wildman–Crippen MR) is 101 cm³/mol. The molecule has 0 bridgehead atoms. The van der Waals surface area contributed by atoms with Crippen molar-refractivity contribution in [2.75, 3.05) is 25.5 Å². The third-order valence-electron chi connectivity index (χ3n) is 4.07. The molecule has 3 rings (SSSR count). The molecule has 25 heavy (non-hydrogen) atoms. The van der Waals surface area contributed by atoms with Crippen LogP contribution >= 0.6 is 28.3 Å². The van der Waals surface area contributed by atoms with Gasteiger partial charge in [0, 0.05) is 30.9 Å². The number of amides is 2. The summed E-state index contributed by atoms with van der Waals surface area (Å²) in [5.41, 5.74) is 1.10. The molecule has 1 atom stereocenters. The molecule has 2 aromatic rings. The number of anilines is 1. The minimum Gasteiger partial charge on any atom is -0.444 e. The fraction of sp³-hybridized carbons (Fsp3) is 0.294. The van der Waals surface area contributed by atoms with E-state index < -0.39 is 0 Å². The third kappa shape index (κ3) is 4.62. The van der Waals surface area contributed by atoms with Gasteiger partial charge in [0.25, 0.3) is 11.8 Å². The van der Waals surface area contributed by atoms with Crippen LogP contribution in [0.15, 0.2) is 45.5 Å². The van der Waals surface area contributed by atoms with Crippen molar-refractivity contribution in [3.05, 3.63) is 52.4 Å². The molecule has 2 N–H and O–H groups in total. The highest BCUT2D eigenvalue weighted by molar-refractivity contribution is 9.10. The zero-order chi connectivity index (χ0) is 17.1. The van der Waals surface area contributed by atoms with E-state index in [-0.39, 0.29) is 36.0 Å². The highest BCUT2D eigenvalue weighted by Gasteiger charge is 2.24. The van der Waals surface area contributed by atoms with Gasteiger partial charge < -0.3 is 20.0 Å². The second-order valence-electron chi connectivity index (χ2n) is 5.70. The van der Waals surface area contributed by atoms with Gasteiger partial charge in [-0.25, -0.2) is 0 Å². The summed E-state index contributed by atoms with van der Waals surface area (Å²) < 4.78 is 5.71. The van der Waals surface area contributed by atoms with Crippen LogP contribution in [0.3, 0.4) is 0 Å². The molecule has 8 heteroatoms. The van der Waals surface area contributed by atoms with Crippen LogP contribution < -0.4 is 10.6 Å². The lowest BCUT2D eigenvalue weighted by Crippen LogP contribution is -2.38. The lowest BCUT2D eigenvalue weighted by molar-refractivity contribution is 0.0743. The van der Waals surface area contributed by atoms with Crippen molar-refractivity contribution < 1.29 is 14.0 Å². The number of carbonyl (C=O) groups excluding carboxylic acids is 2. The predicted octanol–water partition coefficient (Wildman–Crippen LogP) is 3.15. The maximum atomic E-state index is 12.6. The summed E-state index contributed by atoms with van der Waals surface area (Å²) in [6.07, 6.45) is 0.950. The Morgan fingerprint density at radius 2 is 2.12 bits per heavy atom. The van der Waals surface area contributed by atoms with E-state index in [2.05, 4.69) is 26.6 Å². The van der Waals surface area contributed by atoms with E-state index in [1.165, 1.54) is 0 Å². The summed E-state index contributed by atoms with van der Waals surface area (Å²) in [5, 5.41) is 5.99. The Morgan fingerprint density at radius 3 is 2.76 bits per heavy atom. The number of carbonyl (C=O) groups is 2. The molecule has 1 saturated heterocycles. The first-order chi connectivity index (χ1) is 11.5. The second-order valence-corrected chi connectivity index (χ2v) is 6.48. The Hall–Kier alpha value is -1.83. The maximum Gasteiger partial charge on any atom is 0.291 e. The smallest absolute Gasteiger partial charge is 0.291 e. The molecule has 1 fully saturated rings. The molecule has 2 heterocycles. The summed E-state index contributed by atoms with van der Waals surface area (Å²) in [4.78, 5) is 26.5. The average molecular weight is 429 g/mol. The van der Waals surface area contributed by atoms with Crippen LogP contribution in [0.2, 0.25) is 0 Å². The number of hydrogen-bond donors (Lipinski definition) is 2. The van der Waals surface area contributed by atoms with Crippen molar-refractivity contribution in [3.63, 3.8) is 0 Å². The summed E-state index contributed by atoms with van der Waals surface area (Å²) in [6.45, 7) is 1.74. The first-order valence-electron chi connectivity index (χ1n) is 7.69. The quantitative estimate of drug-likeness (QED) is 0.784. The summed E-state index contributed by atoms with van der Waals surface area (Å²) in [7, 11) is 1.81. The Kier molecular flexibility index (Phi) is 6.64. The van der Waals surface area contributed by atoms with E-state index in [1.54, 1.807) is 41.3 Å². The Balaban J connectivity index is 0.00000225. The van der Waals surface area contributed by atoms with Gasteiger partial charge >= 0.3 is 0 Å². The van der Waals surface area contributed by atoms with Crippen molar-refractivity contribution in [3.8, 4) is 0 Å². The topological polar surface area (TPSA) is 74.6 Å². The van der Waals surface area contributed by atoms with Crippen molar-refractivity contribution in [2.45, 2.75) is 12.5 Å². The van der Waals surface area contributed by atoms with Crippen LogP contribution in [-0.4, -0.2) is 42.9 Å². The van der Waals surface area contributed by atoms with E-state index in [1.807, 2.05) is 7.05 Å². The fourth-order valence-electron chi connectivity index (χ4n) is 2.70. The molecule has 2 amide bonds. The van der Waals surface area contributed by atoms with Crippen LogP contribution in [0, 0.1) is 0 Å². The van der Waals surface area contributed by atoms with Gasteiger partial charge in [-0.3, -0.25) is 9.59 Å². The van der Waals surface area contributed by atoms with Crippen molar-refractivity contribution in [1.82, 2.24) is 10.2 Å². The molecule has 134 valence electrons. The van der Waals surface area contributed by atoms with E-state index in [0.29, 0.717) is 15.9 Å². The highest BCUT2D eigenvalue weighted by atomic mass is 79.9. The van der Waals surface area contributed by atoms with Gasteiger partial charge in [-0.2, -0.15) is 0 Å². The van der Waals surface area contributed by atoms with Gasteiger partial charge in [0.2, 0.25) is 0 Å². The Bertz CT molecular complexity index is 759. The molecular weight excluding hydrogens is 410 g/mol. The van der Waals surface area contributed by atoms with Crippen LogP contribution in [0.5, 0.6) is 0 Å². The molecule has 0 spiro atoms. The van der Waals surface area contributed by atoms with Gasteiger partial charge in [0.05, 0.1) is 0 Å². The molecule has 0 radical (unpaired) electrons. The number of rotatable bonds is 4. The normalized spacial score (nSPS) is 16.2. The minimum atomic E-state index is -0.362. The van der Waals surface area contributed by atoms with E-state index in [4.69, 9.17) is 4.42 Å². The number of halogens is 2. The standard InChI is InChI=1S/C17H18BrN3O3.ClH/c1-21(13-7-8-19-10-13)17(23)11-3-2-4-12(9-11)20-16(22)14-5-6-15(18)24-14;/h2-6,9,13,19H,7-8,10H2,1H3,(H,20,22);1H. The van der Waals surface area contributed by atoms with Crippen LogP contribution in [0.25, 0.3) is 0 Å². The molecule has 1 aliphatic heterocycles. The van der Waals surface area contributed by atoms with Crippen molar-refractivity contribution in [2.24, 2.45) is 0 Å². The number of likely N-dealkylation sites (N-methyl/N-ethyl adjacent to an activating group) is 1. The summed E-state index contributed by atoms with van der Waals surface area (Å²) in [5.74, 6) is -0.216. The van der Waals surface area contributed by atoms with Crippen LogP contribution in [0.1, 0.15) is 27.3 Å². The largest absolute Gasteiger partial charge is 0.444 e. The van der Waals surface area contributed by atoms with Crippen molar-refractivity contribution >= 4 is 45.8 Å². The number of nitrogens with one attached hydrogen (secondary N) is 2. The molecule has 1 unspecified atom stereocenters. The number of hydrogen-bond acceptors (Lipinski definition) is 4. The highest BCUT2D eigenvalue weighted by Crippen LogP contribution is 2.18. The van der Waals surface area contributed by atoms with E-state index in [0.717, 1.165) is 19.5 Å². The number of furan rings is 1. The van der Waals surface area contributed by atoms with Gasteiger partial charge in [-0.05, 0) is 59.2 Å². The third-order valence-corrected chi connectivity index (χ3v) is 4.49. The number of nitrogens with zero attached hydrogens (tertiary/aromatic N) is 1. The first-order valence-corrected chi connectivity index (χ1v) is 8.48. The van der Waals surface area contributed by atoms with Crippen LogP contribution in [-0.2, 0) is 0 Å². The minimum absolute atomic E-state index is 0. The molecule has 0 saturated carbocycles. The lowest BCUT2D eigenvalue weighted by atomic mass is 10.1. The van der Waals surface area contributed by atoms with Gasteiger partial charge in [-0.1, -0.05) is 6.07 Å². The molecule has 1 aliphatic rings. The molecule has 1 aromatic heterocycles. The van der Waals surface area contributed by atoms with Gasteiger partial charge in [0.15, 0.2) is 10.4 Å². The zero-order valence-electron chi connectivity index (χ0n) is 13.6. The first kappa shape index (κ1) is 19.5. The summed E-state index contributed by atoms with van der Waals surface area (Å²) in [6, 6.07) is 10.4. The van der Waals surface area contributed by atoms with E-state index >= 15 is 0 Å². The second kappa shape index (κ2) is 8.51. The number of benzene rings is 1. The average Bonchev–Trinajstić information content (AvgIpc) is 3.25. The maximum absolute atomic E-state index is 12.6. The van der Waals surface area contributed by atoms with E-state index in [9.17, 15) is 9.59 Å². The Morgan fingerprint density at radius 1 is 1.32 bits per heavy atom. The molecular formula is C17H19BrClN3O3. The SMILES string of the molecule is CN(C(=O)c1cccc(NC(=O)c2ccc(Br)o2)c1)C1CCNC1.Cl. The molecule has 1 aromatic carbocycles. The zero-order valence-corrected chi connectivity index (χ0v) is 16.0. The molecule has 0 aliphatic carbocycles. The van der Waals surface area contributed by atoms with Gasteiger partial charge in [0.1, 0.15) is 0 Å². The monoisotopic (exact) mass is 427 g/mol. The molecule has 6 nitrogen and oxygen atoms in total. The van der Waals surface area contributed by atoms with Crippen LogP contribution in [0.4, 0.5) is 5.69 Å².